The van der Waals surface area contributed by atoms with Crippen LogP contribution in [0.1, 0.15) is 6.42 Å². The van der Waals surface area contributed by atoms with Crippen molar-refractivity contribution in [3.05, 3.63) is 65.5 Å². The number of aromatic nitrogens is 3. The van der Waals surface area contributed by atoms with E-state index in [2.05, 4.69) is 20.6 Å². The summed E-state index contributed by atoms with van der Waals surface area (Å²) < 4.78 is 6.77. The maximum absolute atomic E-state index is 12.6. The largest absolute Gasteiger partial charge is 0.448 e. The van der Waals surface area contributed by atoms with Crippen LogP contribution in [0, 0.1) is 0 Å². The smallest absolute Gasteiger partial charge is 0.297 e. The Balaban J connectivity index is 1.36. The summed E-state index contributed by atoms with van der Waals surface area (Å²) in [7, 11) is 0. The molecule has 0 radical (unpaired) electrons. The number of furan rings is 1. The van der Waals surface area contributed by atoms with E-state index in [4.69, 9.17) is 4.42 Å². The van der Waals surface area contributed by atoms with Crippen LogP contribution in [0.3, 0.4) is 0 Å². The minimum atomic E-state index is -0.434. The molecule has 0 atom stereocenters. The van der Waals surface area contributed by atoms with Crippen molar-refractivity contribution in [3.63, 3.8) is 0 Å². The summed E-state index contributed by atoms with van der Waals surface area (Å²) in [5.41, 5.74) is 1.34. The van der Waals surface area contributed by atoms with Crippen molar-refractivity contribution in [2.45, 2.75) is 13.0 Å². The Morgan fingerprint density at radius 1 is 1.07 bits per heavy atom. The van der Waals surface area contributed by atoms with Gasteiger partial charge in [-0.25, -0.2) is 4.98 Å². The Morgan fingerprint density at radius 3 is 2.69 bits per heavy atom. The second-order valence-electron chi connectivity index (χ2n) is 6.34. The zero-order valence-corrected chi connectivity index (χ0v) is 15.3. The molecule has 0 aliphatic carbocycles. The third-order valence-electron chi connectivity index (χ3n) is 4.30. The van der Waals surface area contributed by atoms with E-state index in [0.717, 1.165) is 5.39 Å². The molecule has 0 fully saturated rings. The number of hydrogen-bond acceptors (Lipinski definition) is 6. The highest BCUT2D eigenvalue weighted by atomic mass is 16.3. The second kappa shape index (κ2) is 7.93. The highest BCUT2D eigenvalue weighted by Crippen LogP contribution is 2.23. The van der Waals surface area contributed by atoms with Gasteiger partial charge in [0.2, 0.25) is 17.4 Å². The molecule has 1 aromatic carbocycles. The number of para-hydroxylation sites is 1. The van der Waals surface area contributed by atoms with Crippen molar-refractivity contribution in [2.75, 3.05) is 11.9 Å². The Bertz CT molecular complexity index is 1250. The lowest BCUT2D eigenvalue weighted by molar-refractivity contribution is -0.121. The molecule has 4 rings (SSSR count). The van der Waals surface area contributed by atoms with Crippen molar-refractivity contribution < 1.29 is 14.0 Å². The predicted molar refractivity (Wildman–Crippen MR) is 106 cm³/mol. The molecule has 0 saturated carbocycles. The number of pyridine rings is 1. The second-order valence-corrected chi connectivity index (χ2v) is 6.34. The molecular weight excluding hydrogens is 374 g/mol. The van der Waals surface area contributed by atoms with Crippen LogP contribution >= 0.6 is 0 Å². The Labute approximate surface area is 164 Å². The molecule has 3 aromatic heterocycles. The molecule has 0 aliphatic heterocycles. The first-order valence-corrected chi connectivity index (χ1v) is 8.95. The van der Waals surface area contributed by atoms with E-state index < -0.39 is 11.5 Å². The third-order valence-corrected chi connectivity index (χ3v) is 4.30. The van der Waals surface area contributed by atoms with Crippen molar-refractivity contribution in [1.29, 1.82) is 0 Å². The predicted octanol–water partition coefficient (Wildman–Crippen LogP) is 1.68. The van der Waals surface area contributed by atoms with Gasteiger partial charge in [-0.2, -0.15) is 0 Å². The Morgan fingerprint density at radius 2 is 1.86 bits per heavy atom. The van der Waals surface area contributed by atoms with E-state index in [0.29, 0.717) is 16.8 Å². The van der Waals surface area contributed by atoms with Gasteiger partial charge in [0.25, 0.3) is 5.56 Å². The first-order valence-electron chi connectivity index (χ1n) is 8.95. The van der Waals surface area contributed by atoms with Crippen molar-refractivity contribution in [2.24, 2.45) is 0 Å². The fourth-order valence-electron chi connectivity index (χ4n) is 2.91. The quantitative estimate of drug-likeness (QED) is 0.516. The van der Waals surface area contributed by atoms with Gasteiger partial charge in [-0.05, 0) is 24.3 Å². The minimum Gasteiger partial charge on any atom is -0.448 e. The summed E-state index contributed by atoms with van der Waals surface area (Å²) in [6.07, 6.45) is 4.57. The van der Waals surface area contributed by atoms with Gasteiger partial charge in [0.05, 0.1) is 6.33 Å². The van der Waals surface area contributed by atoms with Crippen LogP contribution in [0.4, 0.5) is 5.69 Å². The molecule has 0 saturated heterocycles. The van der Waals surface area contributed by atoms with E-state index in [-0.39, 0.29) is 31.0 Å². The number of rotatable bonds is 6. The van der Waals surface area contributed by atoms with Crippen LogP contribution in [0.2, 0.25) is 0 Å². The number of carbonyl (C=O) groups excluding carboxylic acids is 2. The van der Waals surface area contributed by atoms with Crippen molar-refractivity contribution in [1.82, 2.24) is 19.9 Å². The maximum Gasteiger partial charge on any atom is 0.297 e. The van der Waals surface area contributed by atoms with E-state index in [9.17, 15) is 14.4 Å². The van der Waals surface area contributed by atoms with Crippen LogP contribution in [-0.2, 0) is 16.1 Å². The van der Waals surface area contributed by atoms with E-state index in [1.54, 1.807) is 30.6 Å². The normalized spacial score (nSPS) is 10.9. The van der Waals surface area contributed by atoms with Gasteiger partial charge in [-0.1, -0.05) is 12.1 Å². The van der Waals surface area contributed by atoms with Gasteiger partial charge >= 0.3 is 0 Å². The summed E-state index contributed by atoms with van der Waals surface area (Å²) in [4.78, 5) is 44.7. The topological polar surface area (TPSA) is 119 Å². The molecule has 146 valence electrons. The first kappa shape index (κ1) is 18.4. The Kier molecular flexibility index (Phi) is 5.02. The molecule has 9 nitrogen and oxygen atoms in total. The molecule has 4 aromatic rings. The molecule has 0 bridgehead atoms. The van der Waals surface area contributed by atoms with Gasteiger partial charge in [0.15, 0.2) is 0 Å². The lowest BCUT2D eigenvalue weighted by Gasteiger charge is -2.07. The van der Waals surface area contributed by atoms with Crippen LogP contribution in [-0.4, -0.2) is 32.9 Å². The molecule has 0 spiro atoms. The molecule has 0 unspecified atom stereocenters. The average molecular weight is 391 g/mol. The molecule has 9 heteroatoms. The first-order chi connectivity index (χ1) is 14.1. The van der Waals surface area contributed by atoms with Gasteiger partial charge in [0.1, 0.15) is 17.6 Å². The van der Waals surface area contributed by atoms with Gasteiger partial charge in [0, 0.05) is 36.4 Å². The number of fused-ring (bicyclic) bond motifs is 3. The van der Waals surface area contributed by atoms with Crippen LogP contribution < -0.4 is 16.2 Å². The SMILES string of the molecule is O=C(Cn1cnc2c(oc3ccccc32)c1=O)NCCC(=O)Nc1ccncc1. The Hall–Kier alpha value is -4.01. The summed E-state index contributed by atoms with van der Waals surface area (Å²) in [6.45, 7) is -0.0738. The zero-order valence-electron chi connectivity index (χ0n) is 15.3. The average Bonchev–Trinajstić information content (AvgIpc) is 3.10. The number of nitrogens with zero attached hydrogens (tertiary/aromatic N) is 3. The van der Waals surface area contributed by atoms with Crippen LogP contribution in [0.15, 0.2) is 64.3 Å². The highest BCUT2D eigenvalue weighted by molar-refractivity contribution is 6.01. The monoisotopic (exact) mass is 391 g/mol. The lowest BCUT2D eigenvalue weighted by Crippen LogP contribution is -2.34. The number of amides is 2. The number of benzene rings is 1. The summed E-state index contributed by atoms with van der Waals surface area (Å²) >= 11 is 0. The molecule has 2 N–H and O–H groups in total. The van der Waals surface area contributed by atoms with Gasteiger partial charge in [-0.15, -0.1) is 0 Å². The fraction of sp³-hybridized carbons (Fsp3) is 0.150. The van der Waals surface area contributed by atoms with E-state index in [1.807, 2.05) is 18.2 Å². The fourth-order valence-corrected chi connectivity index (χ4v) is 2.91. The highest BCUT2D eigenvalue weighted by Gasteiger charge is 2.14. The maximum atomic E-state index is 12.6. The molecule has 3 heterocycles. The number of hydrogen-bond donors (Lipinski definition) is 2. The van der Waals surface area contributed by atoms with Crippen LogP contribution in [0.25, 0.3) is 22.1 Å². The molecule has 2 amide bonds. The van der Waals surface area contributed by atoms with Gasteiger partial charge in [-0.3, -0.25) is 23.9 Å². The number of nitrogens with one attached hydrogen (secondary N) is 2. The third kappa shape index (κ3) is 3.98. The molecule has 0 aliphatic rings. The minimum absolute atomic E-state index is 0.101. The van der Waals surface area contributed by atoms with Crippen molar-refractivity contribution in [3.8, 4) is 0 Å². The van der Waals surface area contributed by atoms with Crippen LogP contribution in [0.5, 0.6) is 0 Å². The molecular formula is C20H17N5O4. The van der Waals surface area contributed by atoms with Gasteiger partial charge < -0.3 is 15.1 Å². The van der Waals surface area contributed by atoms with E-state index in [1.165, 1.54) is 10.9 Å². The van der Waals surface area contributed by atoms with Crippen molar-refractivity contribution >= 4 is 39.6 Å². The summed E-state index contributed by atoms with van der Waals surface area (Å²) in [5, 5.41) is 6.07. The van der Waals surface area contributed by atoms with E-state index >= 15 is 0 Å². The standard InChI is InChI=1S/C20H17N5O4/c26-16(24-13-5-8-21-9-6-13)7-10-22-17(27)11-25-12-23-18-14-3-1-2-4-15(14)29-19(18)20(25)28/h1-6,8-9,12H,7,10-11H2,(H,22,27)(H,21,24,26). The zero-order chi connectivity index (χ0) is 20.2. The lowest BCUT2D eigenvalue weighted by atomic mass is 10.2. The summed E-state index contributed by atoms with van der Waals surface area (Å²) in [6, 6.07) is 10.6. The number of anilines is 1. The summed E-state index contributed by atoms with van der Waals surface area (Å²) in [5.74, 6) is -0.639. The molecule has 29 heavy (non-hydrogen) atoms. The number of carbonyl (C=O) groups is 2.